The van der Waals surface area contributed by atoms with Gasteiger partial charge in [0.05, 0.1) is 5.02 Å². The van der Waals surface area contributed by atoms with Crippen molar-refractivity contribution < 1.29 is 0 Å². The first-order valence-corrected chi connectivity index (χ1v) is 7.94. The molecule has 96 valence electrons. The molecular weight excluding hydrogens is 284 g/mol. The third kappa shape index (κ3) is 4.00. The molecule has 18 heavy (non-hydrogen) atoms. The number of hydrogen-bond donors (Lipinski definition) is 2. The second-order valence-electron chi connectivity index (χ2n) is 3.94. The molecule has 2 nitrogen and oxygen atoms in total. The highest BCUT2D eigenvalue weighted by molar-refractivity contribution is 7.99. The Balaban J connectivity index is 1.89. The molecular formula is C13H15ClN2S2. The van der Waals surface area contributed by atoms with Crippen molar-refractivity contribution in [1.29, 1.82) is 0 Å². The fourth-order valence-corrected chi connectivity index (χ4v) is 3.57. The molecule has 1 aromatic carbocycles. The van der Waals surface area contributed by atoms with Gasteiger partial charge in [0.2, 0.25) is 0 Å². The molecule has 1 aromatic heterocycles. The summed E-state index contributed by atoms with van der Waals surface area (Å²) in [5, 5.41) is 5.04. The Morgan fingerprint density at radius 1 is 1.33 bits per heavy atom. The second kappa shape index (κ2) is 7.16. The number of halogens is 1. The molecule has 0 radical (unpaired) electrons. The summed E-state index contributed by atoms with van der Waals surface area (Å²) in [6.07, 6.45) is 0.942. The Bertz CT molecular complexity index is 474. The summed E-state index contributed by atoms with van der Waals surface area (Å²) in [5.74, 6) is 6.50. The zero-order valence-electron chi connectivity index (χ0n) is 9.80. The van der Waals surface area contributed by atoms with E-state index in [2.05, 4.69) is 22.3 Å². The number of hydrogen-bond acceptors (Lipinski definition) is 4. The summed E-state index contributed by atoms with van der Waals surface area (Å²) >= 11 is 9.57. The lowest BCUT2D eigenvalue weighted by atomic mass is 10.1. The standard InChI is InChI=1S/C13H15ClN2S2/c14-12-3-1-2-4-13(12)18-9-11(16-15)7-10-5-6-17-8-10/h1-6,8,11,16H,7,9,15H2. The van der Waals surface area contributed by atoms with Gasteiger partial charge >= 0.3 is 0 Å². The minimum Gasteiger partial charge on any atom is -0.271 e. The van der Waals surface area contributed by atoms with Gasteiger partial charge in [0, 0.05) is 16.7 Å². The zero-order valence-corrected chi connectivity index (χ0v) is 12.2. The fraction of sp³-hybridized carbons (Fsp3) is 0.231. The van der Waals surface area contributed by atoms with Gasteiger partial charge in [-0.2, -0.15) is 11.3 Å². The van der Waals surface area contributed by atoms with Crippen molar-refractivity contribution in [3.63, 3.8) is 0 Å². The lowest BCUT2D eigenvalue weighted by Gasteiger charge is -2.15. The molecule has 0 amide bonds. The van der Waals surface area contributed by atoms with E-state index in [1.807, 2.05) is 24.3 Å². The van der Waals surface area contributed by atoms with Crippen LogP contribution in [0.25, 0.3) is 0 Å². The van der Waals surface area contributed by atoms with Crippen LogP contribution in [0.3, 0.4) is 0 Å². The van der Waals surface area contributed by atoms with E-state index in [4.69, 9.17) is 17.4 Å². The van der Waals surface area contributed by atoms with Gasteiger partial charge < -0.3 is 0 Å². The maximum absolute atomic E-state index is 6.12. The predicted octanol–water partition coefficient (Wildman–Crippen LogP) is 3.57. The lowest BCUT2D eigenvalue weighted by molar-refractivity contribution is 0.576. The summed E-state index contributed by atoms with van der Waals surface area (Å²) in [6, 6.07) is 10.3. The summed E-state index contributed by atoms with van der Waals surface area (Å²) in [6.45, 7) is 0. The largest absolute Gasteiger partial charge is 0.271 e. The van der Waals surface area contributed by atoms with Crippen LogP contribution in [0, 0.1) is 0 Å². The number of thioether (sulfide) groups is 1. The maximum atomic E-state index is 6.12. The number of thiophene rings is 1. The van der Waals surface area contributed by atoms with Gasteiger partial charge in [0.1, 0.15) is 0 Å². The van der Waals surface area contributed by atoms with E-state index < -0.39 is 0 Å². The van der Waals surface area contributed by atoms with Gasteiger partial charge in [-0.1, -0.05) is 23.7 Å². The molecule has 1 unspecified atom stereocenters. The first-order chi connectivity index (χ1) is 8.79. The van der Waals surface area contributed by atoms with Crippen molar-refractivity contribution in [3.05, 3.63) is 51.7 Å². The Morgan fingerprint density at radius 3 is 2.83 bits per heavy atom. The van der Waals surface area contributed by atoms with Gasteiger partial charge in [-0.25, -0.2) is 0 Å². The van der Waals surface area contributed by atoms with Gasteiger partial charge in [-0.05, 0) is 40.9 Å². The average Bonchev–Trinajstić information content (AvgIpc) is 2.89. The van der Waals surface area contributed by atoms with Gasteiger partial charge in [-0.3, -0.25) is 11.3 Å². The molecule has 0 aliphatic heterocycles. The SMILES string of the molecule is NNC(CSc1ccccc1Cl)Cc1ccsc1. The normalized spacial score (nSPS) is 12.6. The molecule has 2 aromatic rings. The summed E-state index contributed by atoms with van der Waals surface area (Å²) in [5.41, 5.74) is 4.19. The van der Waals surface area contributed by atoms with Crippen LogP contribution in [-0.4, -0.2) is 11.8 Å². The topological polar surface area (TPSA) is 38.0 Å². The molecule has 0 fully saturated rings. The van der Waals surface area contributed by atoms with E-state index in [0.29, 0.717) is 0 Å². The highest BCUT2D eigenvalue weighted by atomic mass is 35.5. The fourth-order valence-electron chi connectivity index (χ4n) is 1.61. The molecule has 0 saturated carbocycles. The molecule has 1 atom stereocenters. The van der Waals surface area contributed by atoms with E-state index in [9.17, 15) is 0 Å². The van der Waals surface area contributed by atoms with E-state index in [-0.39, 0.29) is 6.04 Å². The number of benzene rings is 1. The number of nitrogens with two attached hydrogens (primary N) is 1. The van der Waals surface area contributed by atoms with Gasteiger partial charge in [0.25, 0.3) is 0 Å². The van der Waals surface area contributed by atoms with Crippen LogP contribution in [-0.2, 0) is 6.42 Å². The second-order valence-corrected chi connectivity index (χ2v) is 6.19. The Labute approximate surface area is 121 Å². The number of hydrazine groups is 1. The van der Waals surface area contributed by atoms with Crippen molar-refractivity contribution in [1.82, 2.24) is 5.43 Å². The minimum absolute atomic E-state index is 0.251. The molecule has 0 aliphatic rings. The third-order valence-electron chi connectivity index (χ3n) is 2.57. The van der Waals surface area contributed by atoms with Crippen molar-refractivity contribution in [3.8, 4) is 0 Å². The summed E-state index contributed by atoms with van der Waals surface area (Å²) in [7, 11) is 0. The predicted molar refractivity (Wildman–Crippen MR) is 81.3 cm³/mol. The number of nitrogens with one attached hydrogen (secondary N) is 1. The van der Waals surface area contributed by atoms with E-state index in [1.54, 1.807) is 23.1 Å². The van der Waals surface area contributed by atoms with Gasteiger partial charge in [-0.15, -0.1) is 11.8 Å². The van der Waals surface area contributed by atoms with Crippen LogP contribution in [0.15, 0.2) is 46.0 Å². The maximum Gasteiger partial charge on any atom is 0.0541 e. The average molecular weight is 299 g/mol. The molecule has 2 rings (SSSR count). The molecule has 1 heterocycles. The van der Waals surface area contributed by atoms with Gasteiger partial charge in [0.15, 0.2) is 0 Å². The van der Waals surface area contributed by atoms with Crippen molar-refractivity contribution in [2.24, 2.45) is 5.84 Å². The van der Waals surface area contributed by atoms with E-state index in [1.165, 1.54) is 5.56 Å². The van der Waals surface area contributed by atoms with E-state index in [0.717, 1.165) is 22.1 Å². The van der Waals surface area contributed by atoms with Crippen LogP contribution in [0.1, 0.15) is 5.56 Å². The Kier molecular flexibility index (Phi) is 5.53. The van der Waals surface area contributed by atoms with Crippen molar-refractivity contribution in [2.45, 2.75) is 17.4 Å². The van der Waals surface area contributed by atoms with Crippen molar-refractivity contribution in [2.75, 3.05) is 5.75 Å². The first kappa shape index (κ1) is 13.9. The molecule has 0 saturated heterocycles. The summed E-state index contributed by atoms with van der Waals surface area (Å²) < 4.78 is 0. The first-order valence-electron chi connectivity index (χ1n) is 5.64. The van der Waals surface area contributed by atoms with Crippen LogP contribution in [0.4, 0.5) is 0 Å². The van der Waals surface area contributed by atoms with Crippen LogP contribution >= 0.6 is 34.7 Å². The molecule has 5 heteroatoms. The lowest BCUT2D eigenvalue weighted by Crippen LogP contribution is -2.38. The quantitative estimate of drug-likeness (QED) is 0.486. The van der Waals surface area contributed by atoms with Crippen molar-refractivity contribution >= 4 is 34.7 Å². The highest BCUT2D eigenvalue weighted by Gasteiger charge is 2.10. The van der Waals surface area contributed by atoms with Crippen LogP contribution < -0.4 is 11.3 Å². The highest BCUT2D eigenvalue weighted by Crippen LogP contribution is 2.27. The monoisotopic (exact) mass is 298 g/mol. The van der Waals surface area contributed by atoms with Crippen LogP contribution in [0.2, 0.25) is 5.02 Å². The zero-order chi connectivity index (χ0) is 12.8. The third-order valence-corrected chi connectivity index (χ3v) is 4.98. The molecule has 0 aliphatic carbocycles. The Morgan fingerprint density at radius 2 is 2.17 bits per heavy atom. The molecule has 3 N–H and O–H groups in total. The number of rotatable bonds is 6. The van der Waals surface area contributed by atoms with Crippen LogP contribution in [0.5, 0.6) is 0 Å². The minimum atomic E-state index is 0.251. The molecule has 0 spiro atoms. The Hall–Kier alpha value is -0.520. The summed E-state index contributed by atoms with van der Waals surface area (Å²) in [4.78, 5) is 1.10. The molecule has 0 bridgehead atoms. The van der Waals surface area contributed by atoms with E-state index >= 15 is 0 Å². The smallest absolute Gasteiger partial charge is 0.0541 e.